The number of nitrogens with one attached hydrogen (secondary N) is 2. The third-order valence-corrected chi connectivity index (χ3v) is 4.61. The van der Waals surface area contributed by atoms with E-state index in [0.717, 1.165) is 0 Å². The van der Waals surface area contributed by atoms with E-state index in [0.29, 0.717) is 24.3 Å². The van der Waals surface area contributed by atoms with Crippen molar-refractivity contribution in [2.45, 2.75) is 37.4 Å². The number of hydroxylamine groups is 2. The quantitative estimate of drug-likeness (QED) is 0.271. The minimum atomic E-state index is -4.80. The number of rotatable bonds is 4. The fraction of sp³-hybridized carbons (Fsp3) is 0.727. The summed E-state index contributed by atoms with van der Waals surface area (Å²) in [6.45, 7) is 0.153. The SMILES string of the molecule is N=C(NC(=O)C1CC1N)[C@@H]1CC[C@@H]2CN1C(=O)N2OS(=O)(=O)O. The lowest BCUT2D eigenvalue weighted by atomic mass is 10.00. The molecule has 2 aliphatic heterocycles. The smallest absolute Gasteiger partial charge is 0.327 e. The van der Waals surface area contributed by atoms with Gasteiger partial charge in [0.1, 0.15) is 5.84 Å². The van der Waals surface area contributed by atoms with Crippen molar-refractivity contribution in [1.29, 1.82) is 5.41 Å². The molecule has 0 aromatic carbocycles. The average molecular weight is 347 g/mol. The van der Waals surface area contributed by atoms with Gasteiger partial charge < -0.3 is 16.0 Å². The molecule has 0 spiro atoms. The van der Waals surface area contributed by atoms with Crippen LogP contribution in [0.2, 0.25) is 0 Å². The molecule has 3 amide bonds. The number of nitrogens with two attached hydrogens (primary N) is 1. The summed E-state index contributed by atoms with van der Waals surface area (Å²) in [5.74, 6) is -0.780. The van der Waals surface area contributed by atoms with Crippen LogP contribution in [0.4, 0.5) is 4.79 Å². The molecule has 1 saturated carbocycles. The van der Waals surface area contributed by atoms with Crippen molar-refractivity contribution in [2.24, 2.45) is 11.7 Å². The molecule has 3 rings (SSSR count). The summed E-state index contributed by atoms with van der Waals surface area (Å²) in [6.07, 6.45) is 1.33. The Morgan fingerprint density at radius 3 is 2.65 bits per heavy atom. The first-order valence-corrected chi connectivity index (χ1v) is 8.45. The Bertz CT molecular complexity index is 666. The number of fused-ring (bicyclic) bond motifs is 2. The van der Waals surface area contributed by atoms with Crippen LogP contribution < -0.4 is 11.1 Å². The van der Waals surface area contributed by atoms with Crippen LogP contribution in [0, 0.1) is 11.3 Å². The van der Waals surface area contributed by atoms with Crippen molar-refractivity contribution in [3.63, 3.8) is 0 Å². The van der Waals surface area contributed by atoms with Gasteiger partial charge in [-0.3, -0.25) is 14.8 Å². The van der Waals surface area contributed by atoms with Crippen molar-refractivity contribution in [3.8, 4) is 0 Å². The van der Waals surface area contributed by atoms with Gasteiger partial charge in [-0.2, -0.15) is 13.5 Å². The molecule has 2 unspecified atom stereocenters. The summed E-state index contributed by atoms with van der Waals surface area (Å²) in [5.41, 5.74) is 5.58. The maximum absolute atomic E-state index is 12.2. The topological polar surface area (TPSA) is 166 Å². The van der Waals surface area contributed by atoms with Gasteiger partial charge in [-0.05, 0) is 19.3 Å². The molecule has 11 nitrogen and oxygen atoms in total. The Kier molecular flexibility index (Phi) is 3.78. The third kappa shape index (κ3) is 3.15. The first-order chi connectivity index (χ1) is 10.7. The number of amidine groups is 1. The summed E-state index contributed by atoms with van der Waals surface area (Å²) >= 11 is 0. The number of carbonyl (C=O) groups is 2. The lowest BCUT2D eigenvalue weighted by Gasteiger charge is -2.30. The maximum Gasteiger partial charge on any atom is 0.418 e. The standard InChI is InChI=1S/C11H17N5O6S/c12-7-3-6(7)10(17)14-9(13)8-2-1-5-4-15(8)11(18)16(5)22-23(19,20)21/h5-8H,1-4,12H2,(H2,13,14,17)(H,19,20,21)/t5-,6?,7?,8+/m1/s1. The summed E-state index contributed by atoms with van der Waals surface area (Å²) in [5, 5.41) is 11.0. The van der Waals surface area contributed by atoms with Crippen LogP contribution >= 0.6 is 0 Å². The van der Waals surface area contributed by atoms with E-state index in [1.54, 1.807) is 0 Å². The van der Waals surface area contributed by atoms with Gasteiger partial charge in [0.2, 0.25) is 5.91 Å². The molecule has 4 atom stereocenters. The molecule has 3 fully saturated rings. The van der Waals surface area contributed by atoms with Crippen LogP contribution in [0.3, 0.4) is 0 Å². The van der Waals surface area contributed by atoms with Gasteiger partial charge in [-0.25, -0.2) is 4.79 Å². The monoisotopic (exact) mass is 347 g/mol. The highest BCUT2D eigenvalue weighted by Crippen LogP contribution is 2.31. The molecular formula is C11H17N5O6S. The molecule has 0 aromatic rings. The highest BCUT2D eigenvalue weighted by molar-refractivity contribution is 7.80. The Hall–Kier alpha value is -1.76. The van der Waals surface area contributed by atoms with Gasteiger partial charge in [-0.15, -0.1) is 4.28 Å². The largest absolute Gasteiger partial charge is 0.418 e. The van der Waals surface area contributed by atoms with E-state index in [1.165, 1.54) is 4.90 Å². The second kappa shape index (κ2) is 5.40. The minimum Gasteiger partial charge on any atom is -0.327 e. The van der Waals surface area contributed by atoms with Gasteiger partial charge in [0.25, 0.3) is 0 Å². The van der Waals surface area contributed by atoms with Gasteiger partial charge >= 0.3 is 16.4 Å². The first kappa shape index (κ1) is 16.1. The minimum absolute atomic E-state index is 0.130. The van der Waals surface area contributed by atoms with Crippen molar-refractivity contribution in [3.05, 3.63) is 0 Å². The number of hydrogen-bond acceptors (Lipinski definition) is 7. The van der Waals surface area contributed by atoms with E-state index < -0.39 is 28.5 Å². The van der Waals surface area contributed by atoms with Gasteiger partial charge in [0.15, 0.2) is 0 Å². The summed E-state index contributed by atoms with van der Waals surface area (Å²) in [6, 6.07) is -2.16. The number of urea groups is 1. The molecule has 0 radical (unpaired) electrons. The second-order valence-corrected chi connectivity index (χ2v) is 6.92. The Morgan fingerprint density at radius 1 is 1.43 bits per heavy atom. The van der Waals surface area contributed by atoms with Crippen LogP contribution in [0.1, 0.15) is 19.3 Å². The van der Waals surface area contributed by atoms with Crippen LogP contribution in [-0.4, -0.2) is 65.4 Å². The predicted molar refractivity (Wildman–Crippen MR) is 75.3 cm³/mol. The first-order valence-electron chi connectivity index (χ1n) is 7.09. The summed E-state index contributed by atoms with van der Waals surface area (Å²) < 4.78 is 34.6. The molecule has 1 aliphatic carbocycles. The van der Waals surface area contributed by atoms with Crippen LogP contribution in [0.25, 0.3) is 0 Å². The Morgan fingerprint density at radius 2 is 2.09 bits per heavy atom. The van der Waals surface area contributed by atoms with E-state index in [1.807, 2.05) is 0 Å². The van der Waals surface area contributed by atoms with E-state index >= 15 is 0 Å². The van der Waals surface area contributed by atoms with Gasteiger partial charge in [0.05, 0.1) is 18.0 Å². The van der Waals surface area contributed by atoms with E-state index in [-0.39, 0.29) is 30.2 Å². The predicted octanol–water partition coefficient (Wildman–Crippen LogP) is -1.57. The average Bonchev–Trinajstić information content (AvgIpc) is 3.14. The molecule has 23 heavy (non-hydrogen) atoms. The second-order valence-electron chi connectivity index (χ2n) is 5.92. The van der Waals surface area contributed by atoms with Crippen LogP contribution in [0.5, 0.6) is 0 Å². The van der Waals surface area contributed by atoms with Crippen molar-refractivity contribution in [1.82, 2.24) is 15.3 Å². The number of hydrogen-bond donors (Lipinski definition) is 4. The summed E-state index contributed by atoms with van der Waals surface area (Å²) in [4.78, 5) is 25.3. The number of piperidine rings is 1. The Balaban J connectivity index is 1.66. The normalized spacial score (nSPS) is 32.9. The molecule has 2 bridgehead atoms. The molecule has 12 heteroatoms. The highest BCUT2D eigenvalue weighted by Gasteiger charge is 2.49. The van der Waals surface area contributed by atoms with E-state index in [9.17, 15) is 18.0 Å². The van der Waals surface area contributed by atoms with Gasteiger partial charge in [0, 0.05) is 12.6 Å². The number of carbonyl (C=O) groups excluding carboxylic acids is 2. The van der Waals surface area contributed by atoms with Gasteiger partial charge in [-0.1, -0.05) is 0 Å². The summed E-state index contributed by atoms with van der Waals surface area (Å²) in [7, 11) is -4.80. The van der Waals surface area contributed by atoms with E-state index in [4.69, 9.17) is 15.7 Å². The Labute approximate surface area is 132 Å². The molecule has 2 heterocycles. The molecule has 0 aromatic heterocycles. The van der Waals surface area contributed by atoms with Crippen LogP contribution in [0.15, 0.2) is 0 Å². The van der Waals surface area contributed by atoms with Crippen LogP contribution in [-0.2, 0) is 19.5 Å². The fourth-order valence-electron chi connectivity index (χ4n) is 2.96. The molecule has 128 valence electrons. The number of amides is 3. The lowest BCUT2D eigenvalue weighted by molar-refractivity contribution is -0.121. The zero-order valence-electron chi connectivity index (χ0n) is 12.0. The zero-order valence-corrected chi connectivity index (χ0v) is 12.8. The molecule has 5 N–H and O–H groups in total. The van der Waals surface area contributed by atoms with E-state index in [2.05, 4.69) is 9.60 Å². The number of nitrogens with zero attached hydrogens (tertiary/aromatic N) is 2. The van der Waals surface area contributed by atoms with Crippen molar-refractivity contribution in [2.75, 3.05) is 6.54 Å². The van der Waals surface area contributed by atoms with Crippen molar-refractivity contribution < 1.29 is 26.8 Å². The highest BCUT2D eigenvalue weighted by atomic mass is 32.3. The molecule has 2 saturated heterocycles. The lowest BCUT2D eigenvalue weighted by Crippen LogP contribution is -2.51. The van der Waals surface area contributed by atoms with Crippen molar-refractivity contribution >= 4 is 28.2 Å². The fourth-order valence-corrected chi connectivity index (χ4v) is 3.34. The maximum atomic E-state index is 12.2. The molecule has 3 aliphatic rings. The zero-order chi connectivity index (χ0) is 16.9. The third-order valence-electron chi connectivity index (χ3n) is 4.27. The molecular weight excluding hydrogens is 330 g/mol.